The molecule has 0 aliphatic heterocycles. The molecule has 0 aliphatic rings. The second kappa shape index (κ2) is 5.42. The Balaban J connectivity index is 3.81. The summed E-state index contributed by atoms with van der Waals surface area (Å²) >= 11 is 0. The highest BCUT2D eigenvalue weighted by Gasteiger charge is 2.46. The topological polar surface area (TPSA) is 99.4 Å². The molecule has 0 unspecified atom stereocenters. The second-order valence-corrected chi connectivity index (χ2v) is 5.93. The van der Waals surface area contributed by atoms with E-state index in [-0.39, 0.29) is 6.07 Å². The third kappa shape index (κ3) is 4.33. The van der Waals surface area contributed by atoms with Crippen molar-refractivity contribution in [2.75, 3.05) is 0 Å². The van der Waals surface area contributed by atoms with E-state index < -0.39 is 48.7 Å². The molecule has 0 aliphatic carbocycles. The Morgan fingerprint density at radius 2 is 1.73 bits per heavy atom. The maximum absolute atomic E-state index is 12.6. The van der Waals surface area contributed by atoms with Gasteiger partial charge in [-0.1, -0.05) is 0 Å². The predicted molar refractivity (Wildman–Crippen MR) is 55.6 cm³/mol. The van der Waals surface area contributed by atoms with Gasteiger partial charge in [0, 0.05) is 16.7 Å². The van der Waals surface area contributed by atoms with Crippen LogP contribution in [0, 0.1) is 10.1 Å². The summed E-state index contributed by atoms with van der Waals surface area (Å²) in [4.78, 5) is 9.28. The first-order valence-corrected chi connectivity index (χ1v) is 6.91. The number of aromatic nitrogens is 1. The van der Waals surface area contributed by atoms with Crippen molar-refractivity contribution in [3.8, 4) is 5.88 Å². The zero-order chi connectivity index (χ0) is 17.5. The minimum Gasteiger partial charge on any atom is -0.388 e. The minimum absolute atomic E-state index is 0.233. The van der Waals surface area contributed by atoms with Crippen LogP contribution in [0.15, 0.2) is 11.0 Å². The lowest BCUT2D eigenvalue weighted by Crippen LogP contribution is -2.21. The monoisotopic (exact) mass is 374 g/mol. The van der Waals surface area contributed by atoms with Crippen LogP contribution in [0.2, 0.25) is 0 Å². The molecule has 0 atom stereocenters. The number of rotatable bonds is 3. The van der Waals surface area contributed by atoms with Gasteiger partial charge in [-0.05, 0) is 0 Å². The number of hydrogen-bond donors (Lipinski definition) is 0. The molecule has 22 heavy (non-hydrogen) atoms. The van der Waals surface area contributed by atoms with Gasteiger partial charge in [0.25, 0.3) is 9.05 Å². The quantitative estimate of drug-likeness (QED) is 0.349. The van der Waals surface area contributed by atoms with Gasteiger partial charge >= 0.3 is 18.2 Å². The van der Waals surface area contributed by atoms with E-state index >= 15 is 0 Å². The van der Waals surface area contributed by atoms with Crippen LogP contribution in [0.4, 0.5) is 32.0 Å². The van der Waals surface area contributed by atoms with Gasteiger partial charge in [0.2, 0.25) is 11.6 Å². The molecular formula is C7HClF6N2O5S. The van der Waals surface area contributed by atoms with Crippen LogP contribution in [0.1, 0.15) is 5.69 Å². The normalized spacial score (nSPS) is 13.0. The largest absolute Gasteiger partial charge is 0.574 e. The summed E-state index contributed by atoms with van der Waals surface area (Å²) < 4.78 is 99.2. The van der Waals surface area contributed by atoms with Gasteiger partial charge in [0.1, 0.15) is 0 Å². The van der Waals surface area contributed by atoms with Crippen molar-refractivity contribution in [2.24, 2.45) is 0 Å². The highest BCUT2D eigenvalue weighted by Crippen LogP contribution is 2.41. The van der Waals surface area contributed by atoms with E-state index in [1.54, 1.807) is 0 Å². The van der Waals surface area contributed by atoms with Crippen molar-refractivity contribution in [1.29, 1.82) is 0 Å². The molecule has 124 valence electrons. The van der Waals surface area contributed by atoms with E-state index in [0.29, 0.717) is 0 Å². The van der Waals surface area contributed by atoms with Gasteiger partial charge in [0.15, 0.2) is 4.90 Å². The van der Waals surface area contributed by atoms with Crippen LogP contribution in [0.3, 0.4) is 0 Å². The van der Waals surface area contributed by atoms with Gasteiger partial charge in [-0.15, -0.1) is 13.2 Å². The molecule has 0 saturated carbocycles. The highest BCUT2D eigenvalue weighted by atomic mass is 35.7. The summed E-state index contributed by atoms with van der Waals surface area (Å²) in [6.45, 7) is 0. The lowest BCUT2D eigenvalue weighted by Gasteiger charge is -2.12. The molecule has 0 fully saturated rings. The molecule has 0 amide bonds. The number of pyridine rings is 1. The number of halogens is 7. The first-order valence-electron chi connectivity index (χ1n) is 4.60. The number of ether oxygens (including phenoxy) is 1. The molecule has 0 spiro atoms. The molecule has 7 nitrogen and oxygen atoms in total. The van der Waals surface area contributed by atoms with E-state index in [9.17, 15) is 44.9 Å². The third-order valence-electron chi connectivity index (χ3n) is 1.87. The van der Waals surface area contributed by atoms with Crippen molar-refractivity contribution in [3.05, 3.63) is 21.9 Å². The molecule has 1 heterocycles. The fraction of sp³-hybridized carbons (Fsp3) is 0.286. The third-order valence-corrected chi connectivity index (χ3v) is 3.20. The molecule has 15 heteroatoms. The predicted octanol–water partition coefficient (Wildman–Crippen LogP) is 2.83. The first-order chi connectivity index (χ1) is 9.63. The molecule has 0 N–H and O–H groups in total. The Labute approximate surface area is 121 Å². The number of alkyl halides is 6. The second-order valence-electron chi connectivity index (χ2n) is 3.40. The molecule has 1 aromatic rings. The van der Waals surface area contributed by atoms with E-state index in [1.807, 2.05) is 0 Å². The summed E-state index contributed by atoms with van der Waals surface area (Å²) in [5, 5.41) is 10.6. The van der Waals surface area contributed by atoms with Crippen LogP contribution in [0.5, 0.6) is 5.88 Å². The minimum atomic E-state index is -5.64. The van der Waals surface area contributed by atoms with Crippen LogP contribution >= 0.6 is 10.7 Å². The van der Waals surface area contributed by atoms with Crippen molar-refractivity contribution < 1.29 is 44.4 Å². The smallest absolute Gasteiger partial charge is 0.388 e. The Kier molecular flexibility index (Phi) is 4.49. The summed E-state index contributed by atoms with van der Waals surface area (Å²) in [6, 6.07) is -0.233. The van der Waals surface area contributed by atoms with E-state index in [4.69, 9.17) is 10.7 Å². The summed E-state index contributed by atoms with van der Waals surface area (Å²) in [6.07, 6.45) is -11.1. The Bertz CT molecular complexity index is 715. The van der Waals surface area contributed by atoms with Gasteiger partial charge in [-0.25, -0.2) is 13.4 Å². The van der Waals surface area contributed by atoms with Crippen molar-refractivity contribution in [3.63, 3.8) is 0 Å². The van der Waals surface area contributed by atoms with E-state index in [2.05, 4.69) is 9.72 Å². The highest BCUT2D eigenvalue weighted by molar-refractivity contribution is 8.13. The van der Waals surface area contributed by atoms with Crippen LogP contribution in [0.25, 0.3) is 0 Å². The molecule has 0 radical (unpaired) electrons. The fourth-order valence-electron chi connectivity index (χ4n) is 1.22. The molecule has 0 aromatic carbocycles. The van der Waals surface area contributed by atoms with E-state index in [0.717, 1.165) is 0 Å². The van der Waals surface area contributed by atoms with Gasteiger partial charge in [-0.3, -0.25) is 10.1 Å². The van der Waals surface area contributed by atoms with Crippen LogP contribution in [-0.4, -0.2) is 24.7 Å². The SMILES string of the molecule is O=[N+]([O-])c1c(S(=O)(=O)Cl)cc(OC(F)(F)F)nc1C(F)(F)F. The van der Waals surface area contributed by atoms with Gasteiger partial charge in [-0.2, -0.15) is 13.2 Å². The summed E-state index contributed by atoms with van der Waals surface area (Å²) in [7, 11) is -0.487. The zero-order valence-corrected chi connectivity index (χ0v) is 11.1. The number of hydrogen-bond acceptors (Lipinski definition) is 6. The standard InChI is InChI=1S/C7HClF6N2O5S/c8-22(19,20)2-1-3(21-7(12,13)14)15-5(6(9,10)11)4(2)16(17)18/h1H. The van der Waals surface area contributed by atoms with Gasteiger partial charge < -0.3 is 4.74 Å². The van der Waals surface area contributed by atoms with Crippen molar-refractivity contribution in [2.45, 2.75) is 17.4 Å². The van der Waals surface area contributed by atoms with E-state index in [1.165, 1.54) is 0 Å². The maximum atomic E-state index is 12.6. The summed E-state index contributed by atoms with van der Waals surface area (Å²) in [5.41, 5.74) is -4.62. The Morgan fingerprint density at radius 1 is 1.23 bits per heavy atom. The zero-order valence-electron chi connectivity index (χ0n) is 9.57. The summed E-state index contributed by atoms with van der Waals surface area (Å²) in [5.74, 6) is -1.87. The first kappa shape index (κ1) is 18.2. The Hall–Kier alpha value is -1.83. The molecule has 1 rings (SSSR count). The fourth-order valence-corrected chi connectivity index (χ4v) is 2.22. The number of nitro groups is 1. The molecular weight excluding hydrogens is 374 g/mol. The van der Waals surface area contributed by atoms with Crippen LogP contribution < -0.4 is 4.74 Å². The lowest BCUT2D eigenvalue weighted by atomic mass is 10.3. The van der Waals surface area contributed by atoms with Crippen molar-refractivity contribution in [1.82, 2.24) is 4.98 Å². The van der Waals surface area contributed by atoms with Gasteiger partial charge in [0.05, 0.1) is 4.92 Å². The van der Waals surface area contributed by atoms with Crippen LogP contribution in [-0.2, 0) is 15.2 Å². The Morgan fingerprint density at radius 3 is 2.05 bits per heavy atom. The average molecular weight is 375 g/mol. The lowest BCUT2D eigenvalue weighted by molar-refractivity contribution is -0.391. The molecule has 0 saturated heterocycles. The molecule has 1 aromatic heterocycles. The molecule has 0 bridgehead atoms. The van der Waals surface area contributed by atoms with Crippen molar-refractivity contribution >= 4 is 25.4 Å². The maximum Gasteiger partial charge on any atom is 0.574 e. The average Bonchev–Trinajstić information content (AvgIpc) is 2.22. The number of nitrogens with zero attached hydrogens (tertiary/aromatic N) is 2.